The minimum absolute atomic E-state index is 0.0488. The van der Waals surface area contributed by atoms with Crippen molar-refractivity contribution in [3.8, 4) is 78.4 Å². The molecular weight excluding hydrogens is 747 g/mol. The van der Waals surface area contributed by atoms with Crippen molar-refractivity contribution in [3.05, 3.63) is 223 Å². The van der Waals surface area contributed by atoms with Crippen LogP contribution >= 0.6 is 11.3 Å². The van der Waals surface area contributed by atoms with Crippen molar-refractivity contribution in [2.24, 2.45) is 0 Å². The van der Waals surface area contributed by atoms with Gasteiger partial charge in [-0.2, -0.15) is 0 Å². The Morgan fingerprint density at radius 1 is 0.417 bits per heavy atom. The number of thiophene rings is 1. The molecule has 4 heteroatoms. The fourth-order valence-electron chi connectivity index (χ4n) is 8.77. The van der Waals surface area contributed by atoms with E-state index in [4.69, 9.17) is 9.97 Å². The predicted octanol–water partition coefficient (Wildman–Crippen LogP) is 14.9. The Balaban J connectivity index is 0.999. The zero-order chi connectivity index (χ0) is 40.0. The summed E-state index contributed by atoms with van der Waals surface area (Å²) in [6.45, 7) is 0. The Kier molecular flexibility index (Phi) is 8.98. The van der Waals surface area contributed by atoms with Crippen LogP contribution in [0.3, 0.4) is 0 Å². The summed E-state index contributed by atoms with van der Waals surface area (Å²) in [4.78, 5) is 14.3. The maximum absolute atomic E-state index is 5.24. The number of hydrogen-bond donors (Lipinski definition) is 0. The van der Waals surface area contributed by atoms with Gasteiger partial charge in [-0.1, -0.05) is 194 Å². The van der Waals surface area contributed by atoms with Gasteiger partial charge < -0.3 is 4.90 Å². The lowest BCUT2D eigenvalue weighted by Gasteiger charge is -2.37. The van der Waals surface area contributed by atoms with Gasteiger partial charge in [-0.05, 0) is 57.1 Å². The summed E-state index contributed by atoms with van der Waals surface area (Å²) in [7, 11) is 2.24. The van der Waals surface area contributed by atoms with E-state index in [1.165, 1.54) is 65.2 Å². The molecule has 284 valence electrons. The summed E-state index contributed by atoms with van der Waals surface area (Å²) in [6.07, 6.45) is 0. The van der Waals surface area contributed by atoms with Gasteiger partial charge in [-0.25, -0.2) is 9.97 Å². The first kappa shape index (κ1) is 35.7. The lowest BCUT2D eigenvalue weighted by Crippen LogP contribution is -2.28. The van der Waals surface area contributed by atoms with Gasteiger partial charge in [0.2, 0.25) is 0 Å². The van der Waals surface area contributed by atoms with Crippen molar-refractivity contribution < 1.29 is 0 Å². The van der Waals surface area contributed by atoms with Crippen LogP contribution in [0, 0.1) is 0 Å². The molecule has 0 radical (unpaired) electrons. The van der Waals surface area contributed by atoms with Gasteiger partial charge in [0.15, 0.2) is 5.82 Å². The number of hydrogen-bond acceptors (Lipinski definition) is 4. The van der Waals surface area contributed by atoms with E-state index in [9.17, 15) is 0 Å². The van der Waals surface area contributed by atoms with E-state index < -0.39 is 0 Å². The molecule has 60 heavy (non-hydrogen) atoms. The average Bonchev–Trinajstić information content (AvgIpc) is 3.71. The van der Waals surface area contributed by atoms with Crippen LogP contribution in [-0.4, -0.2) is 17.0 Å². The summed E-state index contributed by atoms with van der Waals surface area (Å²) in [5.41, 5.74) is 17.2. The molecule has 8 aromatic carbocycles. The van der Waals surface area contributed by atoms with Gasteiger partial charge in [0.05, 0.1) is 17.4 Å². The van der Waals surface area contributed by atoms with Crippen molar-refractivity contribution in [2.45, 2.75) is 6.04 Å². The van der Waals surface area contributed by atoms with Gasteiger partial charge in [-0.15, -0.1) is 11.3 Å². The standard InChI is InChI=1S/C56H39N3S/c1-59-50-22-13-21-46(41-18-9-4-10-19-41)52(50)53-47-20-11-12-23-51(47)60-55(53)54(59)44-32-30-43(31-33-44)49-36-48(42-28-24-39(25-29-42)37-14-5-2-6-15-37)57-56(58-49)45-34-26-40(27-35-45)38-16-7-3-8-17-38/h2-36,54H,1H3. The van der Waals surface area contributed by atoms with Crippen LogP contribution in [0.15, 0.2) is 212 Å². The molecule has 1 unspecified atom stereocenters. The summed E-state index contributed by atoms with van der Waals surface area (Å²) in [5, 5.41) is 1.31. The maximum Gasteiger partial charge on any atom is 0.160 e. The Morgan fingerprint density at radius 2 is 0.900 bits per heavy atom. The van der Waals surface area contributed by atoms with Gasteiger partial charge >= 0.3 is 0 Å². The summed E-state index contributed by atoms with van der Waals surface area (Å²) < 4.78 is 1.31. The summed E-state index contributed by atoms with van der Waals surface area (Å²) in [6, 6.07) is 75.9. The number of rotatable bonds is 7. The fourth-order valence-corrected chi connectivity index (χ4v) is 10.2. The van der Waals surface area contributed by atoms with Crippen LogP contribution < -0.4 is 4.90 Å². The van der Waals surface area contributed by atoms with E-state index in [1.807, 2.05) is 17.4 Å². The second-order valence-electron chi connectivity index (χ2n) is 15.4. The third-order valence-electron chi connectivity index (χ3n) is 11.8. The molecule has 0 fully saturated rings. The Hall–Kier alpha value is -7.40. The summed E-state index contributed by atoms with van der Waals surface area (Å²) >= 11 is 1.91. The average molecular weight is 786 g/mol. The van der Waals surface area contributed by atoms with E-state index in [-0.39, 0.29) is 6.04 Å². The third-order valence-corrected chi connectivity index (χ3v) is 13.0. The fraction of sp³-hybridized carbons (Fsp3) is 0.0357. The van der Waals surface area contributed by atoms with Crippen molar-refractivity contribution >= 4 is 27.1 Å². The highest BCUT2D eigenvalue weighted by Crippen LogP contribution is 2.55. The molecule has 0 saturated carbocycles. The van der Waals surface area contributed by atoms with Crippen LogP contribution in [-0.2, 0) is 0 Å². The van der Waals surface area contributed by atoms with Crippen molar-refractivity contribution in [1.82, 2.24) is 9.97 Å². The topological polar surface area (TPSA) is 29.0 Å². The highest BCUT2D eigenvalue weighted by Gasteiger charge is 2.35. The first-order valence-corrected chi connectivity index (χ1v) is 21.2. The van der Waals surface area contributed by atoms with E-state index in [1.54, 1.807) is 0 Å². The summed E-state index contributed by atoms with van der Waals surface area (Å²) in [5.74, 6) is 0.700. The Labute approximate surface area is 354 Å². The lowest BCUT2D eigenvalue weighted by molar-refractivity contribution is 0.791. The minimum atomic E-state index is 0.0488. The molecule has 0 aliphatic carbocycles. The molecule has 2 aromatic heterocycles. The second kappa shape index (κ2) is 15.1. The molecule has 3 nitrogen and oxygen atoms in total. The van der Waals surface area contributed by atoms with E-state index in [0.29, 0.717) is 5.82 Å². The lowest BCUT2D eigenvalue weighted by atomic mass is 9.85. The zero-order valence-electron chi connectivity index (χ0n) is 33.0. The minimum Gasteiger partial charge on any atom is -0.362 e. The smallest absolute Gasteiger partial charge is 0.160 e. The van der Waals surface area contributed by atoms with Gasteiger partial charge in [0.1, 0.15) is 0 Å². The van der Waals surface area contributed by atoms with Crippen molar-refractivity contribution in [3.63, 3.8) is 0 Å². The largest absolute Gasteiger partial charge is 0.362 e. The van der Waals surface area contributed by atoms with Crippen LogP contribution in [0.5, 0.6) is 0 Å². The molecule has 0 amide bonds. The monoisotopic (exact) mass is 785 g/mol. The van der Waals surface area contributed by atoms with E-state index in [0.717, 1.165) is 33.6 Å². The quantitative estimate of drug-likeness (QED) is 0.161. The molecule has 0 N–H and O–H groups in total. The van der Waals surface area contributed by atoms with Crippen molar-refractivity contribution in [2.75, 3.05) is 11.9 Å². The van der Waals surface area contributed by atoms with Gasteiger partial charge in [-0.3, -0.25) is 0 Å². The molecule has 1 aliphatic heterocycles. The third kappa shape index (κ3) is 6.39. The van der Waals surface area contributed by atoms with E-state index >= 15 is 0 Å². The predicted molar refractivity (Wildman–Crippen MR) is 252 cm³/mol. The normalized spacial score (nSPS) is 13.2. The Morgan fingerprint density at radius 3 is 1.50 bits per heavy atom. The first-order valence-electron chi connectivity index (χ1n) is 20.4. The molecule has 11 rings (SSSR count). The molecule has 10 aromatic rings. The second-order valence-corrected chi connectivity index (χ2v) is 16.5. The maximum atomic E-state index is 5.24. The molecule has 0 spiro atoms. The first-order chi connectivity index (χ1) is 29.7. The van der Waals surface area contributed by atoms with Crippen molar-refractivity contribution in [1.29, 1.82) is 0 Å². The molecule has 0 bridgehead atoms. The number of aromatic nitrogens is 2. The zero-order valence-corrected chi connectivity index (χ0v) is 33.9. The number of fused-ring (bicyclic) bond motifs is 5. The van der Waals surface area contributed by atoms with Crippen LogP contribution in [0.1, 0.15) is 16.5 Å². The van der Waals surface area contributed by atoms with Gasteiger partial charge in [0.25, 0.3) is 0 Å². The van der Waals surface area contributed by atoms with Crippen LogP contribution in [0.4, 0.5) is 5.69 Å². The molecular formula is C56H39N3S. The number of nitrogens with zero attached hydrogens (tertiary/aromatic N) is 3. The molecule has 0 saturated heterocycles. The Bertz CT molecular complexity index is 3020. The highest BCUT2D eigenvalue weighted by atomic mass is 32.1. The number of benzene rings is 8. The SMILES string of the molecule is CN1c2cccc(-c3ccccc3)c2-c2c(sc3ccccc23)C1c1ccc(-c2cc(-c3ccc(-c4ccccc4)cc3)nc(-c3ccc(-c4ccccc4)cc3)n2)cc1. The van der Waals surface area contributed by atoms with E-state index in [2.05, 4.69) is 218 Å². The van der Waals surface area contributed by atoms with Crippen LogP contribution in [0.25, 0.3) is 88.5 Å². The molecule has 1 aliphatic rings. The molecule has 3 heterocycles. The highest BCUT2D eigenvalue weighted by molar-refractivity contribution is 7.20. The van der Waals surface area contributed by atoms with Crippen LogP contribution in [0.2, 0.25) is 0 Å². The van der Waals surface area contributed by atoms with Gasteiger partial charge in [0, 0.05) is 55.5 Å². The molecule has 1 atom stereocenters. The number of anilines is 1.